The molecule has 0 saturated carbocycles. The highest BCUT2D eigenvalue weighted by atomic mass is 32.1. The van der Waals surface area contributed by atoms with E-state index in [-0.39, 0.29) is 23.9 Å². The van der Waals surface area contributed by atoms with Crippen molar-refractivity contribution in [2.75, 3.05) is 32.7 Å². The van der Waals surface area contributed by atoms with Crippen LogP contribution in [0.15, 0.2) is 60.0 Å². The van der Waals surface area contributed by atoms with Crippen LogP contribution in [0.5, 0.6) is 0 Å². The van der Waals surface area contributed by atoms with Gasteiger partial charge in [-0.05, 0) is 73.4 Å². The van der Waals surface area contributed by atoms with E-state index in [1.54, 1.807) is 0 Å². The third-order valence-corrected chi connectivity index (χ3v) is 8.81. The van der Waals surface area contributed by atoms with Crippen molar-refractivity contribution in [1.29, 1.82) is 0 Å². The van der Waals surface area contributed by atoms with E-state index in [4.69, 9.17) is 0 Å². The van der Waals surface area contributed by atoms with E-state index in [9.17, 15) is 9.59 Å². The van der Waals surface area contributed by atoms with Gasteiger partial charge in [-0.25, -0.2) is 0 Å². The zero-order valence-electron chi connectivity index (χ0n) is 21.4. The maximum atomic E-state index is 13.8. The molecule has 3 aromatic rings. The van der Waals surface area contributed by atoms with Gasteiger partial charge >= 0.3 is 0 Å². The van der Waals surface area contributed by atoms with Crippen molar-refractivity contribution in [3.8, 4) is 0 Å². The second-order valence-electron chi connectivity index (χ2n) is 10.0. The third kappa shape index (κ3) is 4.72. The zero-order chi connectivity index (χ0) is 25.2. The highest BCUT2D eigenvalue weighted by molar-refractivity contribution is 7.10. The normalized spacial score (nSPS) is 19.5. The van der Waals surface area contributed by atoms with Gasteiger partial charge in [0.25, 0.3) is 5.91 Å². The number of benzene rings is 2. The quantitative estimate of drug-likeness (QED) is 0.501. The smallest absolute Gasteiger partial charge is 0.254 e. The van der Waals surface area contributed by atoms with E-state index in [0.29, 0.717) is 26.2 Å². The van der Waals surface area contributed by atoms with Gasteiger partial charge in [0.05, 0.1) is 12.1 Å². The summed E-state index contributed by atoms with van der Waals surface area (Å²) in [6.45, 7) is 9.58. The van der Waals surface area contributed by atoms with Crippen molar-refractivity contribution in [1.82, 2.24) is 14.7 Å². The van der Waals surface area contributed by atoms with Crippen LogP contribution < -0.4 is 0 Å². The van der Waals surface area contributed by atoms with Crippen LogP contribution in [0, 0.1) is 13.8 Å². The molecule has 0 bridgehead atoms. The fourth-order valence-electron chi connectivity index (χ4n) is 5.72. The predicted octanol–water partition coefficient (Wildman–Crippen LogP) is 5.08. The van der Waals surface area contributed by atoms with Gasteiger partial charge in [-0.3, -0.25) is 14.5 Å². The predicted molar refractivity (Wildman–Crippen MR) is 145 cm³/mol. The van der Waals surface area contributed by atoms with Gasteiger partial charge in [0.15, 0.2) is 0 Å². The second-order valence-corrected chi connectivity index (χ2v) is 11.0. The summed E-state index contributed by atoms with van der Waals surface area (Å²) in [5.74, 6) is 0.230. The molecule has 2 aromatic carbocycles. The molecule has 6 heteroatoms. The molecule has 2 aliphatic rings. The van der Waals surface area contributed by atoms with Gasteiger partial charge < -0.3 is 9.80 Å². The molecule has 2 aliphatic heterocycles. The molecule has 0 unspecified atom stereocenters. The molecule has 1 aromatic heterocycles. The number of carbonyl (C=O) groups is 2. The van der Waals surface area contributed by atoms with Crippen molar-refractivity contribution in [2.24, 2.45) is 0 Å². The van der Waals surface area contributed by atoms with E-state index >= 15 is 0 Å². The third-order valence-electron chi connectivity index (χ3n) is 7.81. The average Bonchev–Trinajstić information content (AvgIpc) is 3.24. The lowest BCUT2D eigenvalue weighted by Gasteiger charge is -2.41. The van der Waals surface area contributed by atoms with Gasteiger partial charge in [0.2, 0.25) is 5.91 Å². The minimum Gasteiger partial charge on any atom is -0.340 e. The van der Waals surface area contributed by atoms with Gasteiger partial charge in [-0.15, -0.1) is 11.3 Å². The monoisotopic (exact) mass is 501 g/mol. The molecular formula is C30H35N3O2S. The van der Waals surface area contributed by atoms with Gasteiger partial charge in [-0.1, -0.05) is 42.5 Å². The average molecular weight is 502 g/mol. The molecule has 1 fully saturated rings. The van der Waals surface area contributed by atoms with Gasteiger partial charge in [-0.2, -0.15) is 0 Å². The molecule has 0 radical (unpaired) electrons. The van der Waals surface area contributed by atoms with E-state index in [2.05, 4.69) is 54.5 Å². The van der Waals surface area contributed by atoms with E-state index < -0.39 is 0 Å². The van der Waals surface area contributed by atoms with Crippen LogP contribution >= 0.6 is 11.3 Å². The Morgan fingerprint density at radius 1 is 0.833 bits per heavy atom. The molecule has 0 spiro atoms. The molecule has 188 valence electrons. The minimum atomic E-state index is -0.235. The Bertz CT molecular complexity index is 1250. The van der Waals surface area contributed by atoms with Crippen LogP contribution in [0.2, 0.25) is 0 Å². The van der Waals surface area contributed by atoms with Gasteiger partial charge in [0.1, 0.15) is 0 Å². The number of carbonyl (C=O) groups excluding carboxylic acids is 2. The summed E-state index contributed by atoms with van der Waals surface area (Å²) in [5, 5.41) is 2.18. The number of hydrogen-bond donors (Lipinski definition) is 0. The first-order valence-electron chi connectivity index (χ1n) is 13.0. The molecule has 5 rings (SSSR count). The molecule has 2 amide bonds. The number of rotatable bonds is 4. The fraction of sp³-hybridized carbons (Fsp3) is 0.400. The van der Waals surface area contributed by atoms with Crippen molar-refractivity contribution in [3.05, 3.63) is 92.7 Å². The molecule has 5 nitrogen and oxygen atoms in total. The highest BCUT2D eigenvalue weighted by Gasteiger charge is 2.37. The lowest BCUT2D eigenvalue weighted by molar-refractivity contribution is -0.137. The maximum absolute atomic E-state index is 13.8. The number of hydrogen-bond acceptors (Lipinski definition) is 4. The van der Waals surface area contributed by atoms with Crippen molar-refractivity contribution >= 4 is 23.2 Å². The summed E-state index contributed by atoms with van der Waals surface area (Å²) in [4.78, 5) is 34.7. The zero-order valence-corrected chi connectivity index (χ0v) is 22.3. The Morgan fingerprint density at radius 3 is 2.31 bits per heavy atom. The first kappa shape index (κ1) is 24.7. The molecular weight excluding hydrogens is 466 g/mol. The number of fused-ring (bicyclic) bond motifs is 1. The summed E-state index contributed by atoms with van der Waals surface area (Å²) >= 11 is 1.83. The summed E-state index contributed by atoms with van der Waals surface area (Å²) in [6, 6.07) is 18.4. The Morgan fingerprint density at radius 2 is 1.53 bits per heavy atom. The Hall–Kier alpha value is -2.96. The molecule has 2 atom stereocenters. The van der Waals surface area contributed by atoms with E-state index in [1.165, 1.54) is 21.6 Å². The number of aryl methyl sites for hydroxylation is 2. The number of amides is 2. The minimum absolute atomic E-state index is 0.0658. The largest absolute Gasteiger partial charge is 0.340 e. The standard InChI is InChI=1S/C30H35N3O2S/c1-21-9-4-6-11-24(21)28-26-14-20-36-27(26)13-17-33(28)23(3)29(34)31-15-8-16-32(19-18-31)30(35)25-12-7-5-10-22(25)2/h4-7,9-12,14,20,23,28H,8,13,15-19H2,1-3H3/t23-,28+/m1/s1. The Kier molecular flexibility index (Phi) is 7.26. The molecule has 36 heavy (non-hydrogen) atoms. The van der Waals surface area contributed by atoms with Crippen LogP contribution in [-0.4, -0.2) is 65.3 Å². The highest BCUT2D eigenvalue weighted by Crippen LogP contribution is 2.40. The summed E-state index contributed by atoms with van der Waals surface area (Å²) < 4.78 is 0. The first-order chi connectivity index (χ1) is 17.5. The topological polar surface area (TPSA) is 43.9 Å². The fourth-order valence-corrected chi connectivity index (χ4v) is 6.63. The lowest BCUT2D eigenvalue weighted by Crippen LogP contribution is -2.51. The molecule has 0 aliphatic carbocycles. The Balaban J connectivity index is 1.33. The van der Waals surface area contributed by atoms with Crippen molar-refractivity contribution < 1.29 is 9.59 Å². The summed E-state index contributed by atoms with van der Waals surface area (Å²) in [5.41, 5.74) is 5.62. The molecule has 0 N–H and O–H groups in total. The number of nitrogens with zero attached hydrogens (tertiary/aromatic N) is 3. The van der Waals surface area contributed by atoms with Crippen LogP contribution in [0.4, 0.5) is 0 Å². The van der Waals surface area contributed by atoms with Crippen LogP contribution in [0.3, 0.4) is 0 Å². The van der Waals surface area contributed by atoms with E-state index in [1.807, 2.05) is 52.3 Å². The van der Waals surface area contributed by atoms with Crippen LogP contribution in [0.1, 0.15) is 56.9 Å². The molecule has 3 heterocycles. The first-order valence-corrected chi connectivity index (χ1v) is 13.8. The van der Waals surface area contributed by atoms with Crippen molar-refractivity contribution in [2.45, 2.75) is 45.7 Å². The van der Waals surface area contributed by atoms with Gasteiger partial charge in [0, 0.05) is 43.2 Å². The summed E-state index contributed by atoms with van der Waals surface area (Å²) in [7, 11) is 0. The Labute approximate surface area is 218 Å². The van der Waals surface area contributed by atoms with Crippen molar-refractivity contribution in [3.63, 3.8) is 0 Å². The van der Waals surface area contributed by atoms with Crippen LogP contribution in [-0.2, 0) is 11.2 Å². The lowest BCUT2D eigenvalue weighted by atomic mass is 9.89. The second kappa shape index (κ2) is 10.6. The summed E-state index contributed by atoms with van der Waals surface area (Å²) in [6.07, 6.45) is 1.78. The SMILES string of the molecule is Cc1ccccc1C(=O)N1CCCN(C(=O)[C@@H](C)N2CCc3sccc3[C@@H]2c2ccccc2C)CC1. The number of thiophene rings is 1. The van der Waals surface area contributed by atoms with Crippen LogP contribution in [0.25, 0.3) is 0 Å². The maximum Gasteiger partial charge on any atom is 0.254 e. The van der Waals surface area contributed by atoms with E-state index in [0.717, 1.165) is 30.5 Å². The molecule has 1 saturated heterocycles.